The number of para-hydroxylation sites is 2. The Bertz CT molecular complexity index is 662. The Morgan fingerprint density at radius 1 is 1.27 bits per heavy atom. The number of carbonyl (C=O) groups excluding carboxylic acids is 1. The number of hydrogen-bond donors (Lipinski definition) is 3. The van der Waals surface area contributed by atoms with Crippen molar-refractivity contribution in [1.29, 1.82) is 0 Å². The van der Waals surface area contributed by atoms with Crippen molar-refractivity contribution in [3.05, 3.63) is 30.1 Å². The van der Waals surface area contributed by atoms with E-state index in [2.05, 4.69) is 15.3 Å². The third kappa shape index (κ3) is 2.95. The summed E-state index contributed by atoms with van der Waals surface area (Å²) in [5, 5.41) is 11.8. The minimum Gasteiger partial charge on any atom is -0.481 e. The number of aliphatic carboxylic acids is 1. The number of amides is 1. The number of rotatable bonds is 6. The summed E-state index contributed by atoms with van der Waals surface area (Å²) in [7, 11) is 0. The Balaban J connectivity index is 1.43. The highest BCUT2D eigenvalue weighted by Gasteiger charge is 2.41. The lowest BCUT2D eigenvalue weighted by Crippen LogP contribution is -2.44. The molecule has 6 nitrogen and oxygen atoms in total. The van der Waals surface area contributed by atoms with Crippen LogP contribution in [0, 0.1) is 11.8 Å². The second-order valence-electron chi connectivity index (χ2n) is 5.72. The molecule has 1 aromatic carbocycles. The fourth-order valence-corrected chi connectivity index (χ4v) is 2.83. The average Bonchev–Trinajstić information content (AvgIpc) is 2.84. The van der Waals surface area contributed by atoms with Crippen LogP contribution >= 0.6 is 0 Å². The molecule has 22 heavy (non-hydrogen) atoms. The Hall–Kier alpha value is -2.37. The van der Waals surface area contributed by atoms with Crippen molar-refractivity contribution in [2.45, 2.75) is 25.7 Å². The molecule has 1 amide bonds. The second kappa shape index (κ2) is 6.17. The van der Waals surface area contributed by atoms with Gasteiger partial charge in [-0.25, -0.2) is 4.98 Å². The van der Waals surface area contributed by atoms with Crippen LogP contribution in [0.1, 0.15) is 25.1 Å². The van der Waals surface area contributed by atoms with Crippen molar-refractivity contribution in [3.63, 3.8) is 0 Å². The number of aromatic amines is 1. The quantitative estimate of drug-likeness (QED) is 0.708. The van der Waals surface area contributed by atoms with Crippen LogP contribution in [0.4, 0.5) is 0 Å². The van der Waals surface area contributed by atoms with Crippen LogP contribution in [0.25, 0.3) is 11.0 Å². The van der Waals surface area contributed by atoms with Crippen LogP contribution < -0.4 is 5.32 Å². The predicted octanol–water partition coefficient (Wildman–Crippen LogP) is 1.72. The van der Waals surface area contributed by atoms with Crippen LogP contribution in [0.2, 0.25) is 0 Å². The highest BCUT2D eigenvalue weighted by atomic mass is 16.4. The number of H-pyrrole nitrogens is 1. The lowest BCUT2D eigenvalue weighted by Gasteiger charge is -2.31. The Kier molecular flexibility index (Phi) is 4.09. The average molecular weight is 301 g/mol. The van der Waals surface area contributed by atoms with Crippen molar-refractivity contribution >= 4 is 22.9 Å². The van der Waals surface area contributed by atoms with E-state index in [1.165, 1.54) is 0 Å². The molecule has 0 aliphatic heterocycles. The number of hydrogen-bond acceptors (Lipinski definition) is 3. The minimum absolute atomic E-state index is 0.136. The monoisotopic (exact) mass is 301 g/mol. The highest BCUT2D eigenvalue weighted by molar-refractivity contribution is 5.86. The van der Waals surface area contributed by atoms with Gasteiger partial charge in [-0.05, 0) is 31.4 Å². The lowest BCUT2D eigenvalue weighted by atomic mass is 9.73. The van der Waals surface area contributed by atoms with E-state index in [9.17, 15) is 9.59 Å². The Labute approximate surface area is 127 Å². The van der Waals surface area contributed by atoms with Gasteiger partial charge in [-0.1, -0.05) is 12.1 Å². The van der Waals surface area contributed by atoms with E-state index in [-0.39, 0.29) is 11.8 Å². The van der Waals surface area contributed by atoms with Gasteiger partial charge in [0, 0.05) is 13.0 Å². The molecule has 116 valence electrons. The molecule has 3 rings (SSSR count). The van der Waals surface area contributed by atoms with Crippen molar-refractivity contribution < 1.29 is 14.7 Å². The Morgan fingerprint density at radius 2 is 2.05 bits per heavy atom. The molecular weight excluding hydrogens is 282 g/mol. The molecule has 0 spiro atoms. The molecular formula is C16H19N3O3. The zero-order valence-electron chi connectivity index (χ0n) is 12.2. The first-order chi connectivity index (χ1) is 10.6. The normalized spacial score (nSPS) is 20.5. The molecule has 1 aliphatic rings. The number of aromatic nitrogens is 2. The van der Waals surface area contributed by atoms with Crippen molar-refractivity contribution in [2.75, 3.05) is 6.54 Å². The number of nitrogens with zero attached hydrogens (tertiary/aromatic N) is 1. The molecule has 1 aliphatic carbocycles. The molecule has 6 heteroatoms. The number of carboxylic acid groups (broad SMARTS) is 1. The number of benzene rings is 1. The molecule has 2 aromatic rings. The van der Waals surface area contributed by atoms with Gasteiger partial charge in [-0.3, -0.25) is 9.59 Å². The second-order valence-corrected chi connectivity index (χ2v) is 5.72. The van der Waals surface area contributed by atoms with Crippen LogP contribution in [0.15, 0.2) is 24.3 Å². The number of imidazole rings is 1. The first-order valence-corrected chi connectivity index (χ1v) is 7.59. The number of aryl methyl sites for hydroxylation is 1. The summed E-state index contributed by atoms with van der Waals surface area (Å²) >= 11 is 0. The molecule has 2 atom stereocenters. The van der Waals surface area contributed by atoms with Crippen molar-refractivity contribution in [3.8, 4) is 0 Å². The topological polar surface area (TPSA) is 95.1 Å². The minimum atomic E-state index is -0.867. The van der Waals surface area contributed by atoms with Gasteiger partial charge in [-0.15, -0.1) is 0 Å². The first-order valence-electron chi connectivity index (χ1n) is 7.59. The van der Waals surface area contributed by atoms with Gasteiger partial charge in [0.05, 0.1) is 22.9 Å². The van der Waals surface area contributed by atoms with Gasteiger partial charge in [0.15, 0.2) is 0 Å². The number of carbonyl (C=O) groups is 2. The van der Waals surface area contributed by atoms with E-state index in [0.29, 0.717) is 19.4 Å². The van der Waals surface area contributed by atoms with E-state index in [4.69, 9.17) is 5.11 Å². The summed E-state index contributed by atoms with van der Waals surface area (Å²) in [5.74, 6) is -0.960. The summed E-state index contributed by atoms with van der Waals surface area (Å²) in [5.41, 5.74) is 1.96. The lowest BCUT2D eigenvalue weighted by molar-refractivity contribution is -0.152. The van der Waals surface area contributed by atoms with Crippen LogP contribution in [-0.4, -0.2) is 33.5 Å². The molecule has 0 saturated heterocycles. The molecule has 3 N–H and O–H groups in total. The van der Waals surface area contributed by atoms with Gasteiger partial charge in [-0.2, -0.15) is 0 Å². The molecule has 0 radical (unpaired) electrons. The van der Waals surface area contributed by atoms with E-state index in [0.717, 1.165) is 29.7 Å². The largest absolute Gasteiger partial charge is 0.481 e. The van der Waals surface area contributed by atoms with Gasteiger partial charge < -0.3 is 15.4 Å². The fraction of sp³-hybridized carbons (Fsp3) is 0.438. The van der Waals surface area contributed by atoms with Crippen molar-refractivity contribution in [1.82, 2.24) is 15.3 Å². The smallest absolute Gasteiger partial charge is 0.307 e. The fourth-order valence-electron chi connectivity index (χ4n) is 2.83. The van der Waals surface area contributed by atoms with Gasteiger partial charge in [0.1, 0.15) is 5.82 Å². The van der Waals surface area contributed by atoms with Gasteiger partial charge in [0.25, 0.3) is 0 Å². The van der Waals surface area contributed by atoms with Crippen molar-refractivity contribution in [2.24, 2.45) is 11.8 Å². The molecule has 1 heterocycles. The summed E-state index contributed by atoms with van der Waals surface area (Å²) < 4.78 is 0. The molecule has 1 saturated carbocycles. The van der Waals surface area contributed by atoms with E-state index in [1.807, 2.05) is 24.3 Å². The predicted molar refractivity (Wildman–Crippen MR) is 81.3 cm³/mol. The van der Waals surface area contributed by atoms with Gasteiger partial charge in [0.2, 0.25) is 5.91 Å². The SMILES string of the molecule is O=C(O)C1CCC1C(=O)NCCCc1nc2ccccc2[nH]1. The molecule has 1 fully saturated rings. The number of carboxylic acids is 1. The zero-order chi connectivity index (χ0) is 15.5. The summed E-state index contributed by atoms with van der Waals surface area (Å²) in [6.45, 7) is 0.540. The maximum absolute atomic E-state index is 11.9. The number of nitrogens with one attached hydrogen (secondary N) is 2. The van der Waals surface area contributed by atoms with Crippen LogP contribution in [0.3, 0.4) is 0 Å². The van der Waals surface area contributed by atoms with Crippen LogP contribution in [0.5, 0.6) is 0 Å². The summed E-state index contributed by atoms with van der Waals surface area (Å²) in [4.78, 5) is 30.5. The highest BCUT2D eigenvalue weighted by Crippen LogP contribution is 2.34. The molecule has 1 aromatic heterocycles. The van der Waals surface area contributed by atoms with E-state index < -0.39 is 11.9 Å². The standard InChI is InChI=1S/C16H19N3O3/c20-15(10-7-8-11(10)16(21)22)17-9-3-6-14-18-12-4-1-2-5-13(12)19-14/h1-2,4-5,10-11H,3,6-9H2,(H,17,20)(H,18,19)(H,21,22). The maximum atomic E-state index is 11.9. The number of fused-ring (bicyclic) bond motifs is 1. The van der Waals surface area contributed by atoms with Crippen LogP contribution in [-0.2, 0) is 16.0 Å². The van der Waals surface area contributed by atoms with E-state index in [1.54, 1.807) is 0 Å². The summed E-state index contributed by atoms with van der Waals surface area (Å²) in [6, 6.07) is 7.85. The van der Waals surface area contributed by atoms with Gasteiger partial charge >= 0.3 is 5.97 Å². The third-order valence-electron chi connectivity index (χ3n) is 4.26. The molecule has 2 unspecified atom stereocenters. The maximum Gasteiger partial charge on any atom is 0.307 e. The molecule has 0 bridgehead atoms. The Morgan fingerprint density at radius 3 is 2.73 bits per heavy atom. The first kappa shape index (κ1) is 14.6. The summed E-state index contributed by atoms with van der Waals surface area (Å²) in [6.07, 6.45) is 2.80. The third-order valence-corrected chi connectivity index (χ3v) is 4.26. The van der Waals surface area contributed by atoms with E-state index >= 15 is 0 Å². The zero-order valence-corrected chi connectivity index (χ0v) is 12.2.